The molecule has 0 unspecified atom stereocenters. The van der Waals surface area contributed by atoms with Crippen molar-refractivity contribution in [2.75, 3.05) is 38.0 Å². The second-order valence-electron chi connectivity index (χ2n) is 6.77. The maximum Gasteiger partial charge on any atom is 0.253 e. The van der Waals surface area contributed by atoms with E-state index in [1.54, 1.807) is 0 Å². The molecule has 2 aromatic carbocycles. The van der Waals surface area contributed by atoms with Crippen molar-refractivity contribution >= 4 is 17.5 Å². The molecule has 142 valence electrons. The van der Waals surface area contributed by atoms with E-state index in [0.29, 0.717) is 18.7 Å². The zero-order valence-electron chi connectivity index (χ0n) is 15.5. The Labute approximate surface area is 158 Å². The molecule has 1 N–H and O–H groups in total. The molecule has 1 heterocycles. The molecule has 0 aliphatic carbocycles. The molecule has 27 heavy (non-hydrogen) atoms. The van der Waals surface area contributed by atoms with Gasteiger partial charge in [-0.05, 0) is 48.4 Å². The van der Waals surface area contributed by atoms with Crippen molar-refractivity contribution < 1.29 is 14.0 Å². The minimum absolute atomic E-state index is 0.0387. The lowest BCUT2D eigenvalue weighted by atomic mass is 10.1. The quantitative estimate of drug-likeness (QED) is 0.882. The summed E-state index contributed by atoms with van der Waals surface area (Å²) in [7, 11) is 0. The monoisotopic (exact) mass is 369 g/mol. The van der Waals surface area contributed by atoms with E-state index < -0.39 is 0 Å². The molecule has 1 fully saturated rings. The number of halogens is 1. The van der Waals surface area contributed by atoms with Gasteiger partial charge in [0, 0.05) is 50.9 Å². The van der Waals surface area contributed by atoms with E-state index in [1.807, 2.05) is 29.2 Å². The Hall–Kier alpha value is -2.73. The Morgan fingerprint density at radius 2 is 1.59 bits per heavy atom. The lowest BCUT2D eigenvalue weighted by Gasteiger charge is -2.34. The van der Waals surface area contributed by atoms with E-state index in [0.717, 1.165) is 31.7 Å². The van der Waals surface area contributed by atoms with Crippen molar-refractivity contribution in [3.63, 3.8) is 0 Å². The summed E-state index contributed by atoms with van der Waals surface area (Å²) >= 11 is 0. The molecule has 0 aromatic heterocycles. The van der Waals surface area contributed by atoms with Crippen LogP contribution in [0.15, 0.2) is 48.5 Å². The number of nitrogens with zero attached hydrogens (tertiary/aromatic N) is 2. The first kappa shape index (κ1) is 19.0. The number of carbonyl (C=O) groups excluding carboxylic acids is 2. The first-order valence-electron chi connectivity index (χ1n) is 9.15. The van der Waals surface area contributed by atoms with E-state index in [9.17, 15) is 14.0 Å². The van der Waals surface area contributed by atoms with Gasteiger partial charge in [0.05, 0.1) is 0 Å². The number of hydrogen-bond acceptors (Lipinski definition) is 3. The van der Waals surface area contributed by atoms with Gasteiger partial charge in [0.25, 0.3) is 5.91 Å². The van der Waals surface area contributed by atoms with Crippen molar-refractivity contribution in [3.8, 4) is 0 Å². The lowest BCUT2D eigenvalue weighted by molar-refractivity contribution is -0.114. The highest BCUT2D eigenvalue weighted by atomic mass is 19.1. The highest BCUT2D eigenvalue weighted by molar-refractivity contribution is 5.94. The van der Waals surface area contributed by atoms with Crippen LogP contribution in [0.2, 0.25) is 0 Å². The fraction of sp³-hybridized carbons (Fsp3) is 0.333. The van der Waals surface area contributed by atoms with E-state index in [2.05, 4.69) is 10.2 Å². The highest BCUT2D eigenvalue weighted by Gasteiger charge is 2.21. The highest BCUT2D eigenvalue weighted by Crippen LogP contribution is 2.13. The van der Waals surface area contributed by atoms with Gasteiger partial charge in [0.15, 0.2) is 0 Å². The third-order valence-corrected chi connectivity index (χ3v) is 4.74. The Balaban J connectivity index is 1.44. The Morgan fingerprint density at radius 1 is 0.963 bits per heavy atom. The van der Waals surface area contributed by atoms with Gasteiger partial charge in [-0.2, -0.15) is 0 Å². The number of amides is 2. The van der Waals surface area contributed by atoms with E-state index in [1.165, 1.54) is 36.8 Å². The van der Waals surface area contributed by atoms with E-state index in [4.69, 9.17) is 0 Å². The zero-order valence-corrected chi connectivity index (χ0v) is 15.5. The third-order valence-electron chi connectivity index (χ3n) is 4.74. The van der Waals surface area contributed by atoms with Crippen LogP contribution in [0.1, 0.15) is 22.8 Å². The van der Waals surface area contributed by atoms with Gasteiger partial charge in [-0.15, -0.1) is 0 Å². The van der Waals surface area contributed by atoms with Gasteiger partial charge in [-0.1, -0.05) is 12.1 Å². The number of nitrogens with one attached hydrogen (secondary N) is 1. The average Bonchev–Trinajstić information content (AvgIpc) is 2.67. The van der Waals surface area contributed by atoms with Crippen LogP contribution in [0.4, 0.5) is 10.1 Å². The number of carbonyl (C=O) groups is 2. The summed E-state index contributed by atoms with van der Waals surface area (Å²) < 4.78 is 13.0. The SMILES string of the molecule is CC(=O)Nc1ccc(CCN2CCN(C(=O)c3ccc(F)cc3)CC2)cc1. The molecule has 0 spiro atoms. The van der Waals surface area contributed by atoms with Crippen molar-refractivity contribution in [1.82, 2.24) is 9.80 Å². The molecule has 1 saturated heterocycles. The molecule has 0 radical (unpaired) electrons. The van der Waals surface area contributed by atoms with Gasteiger partial charge in [0.2, 0.25) is 5.91 Å². The number of hydrogen-bond donors (Lipinski definition) is 1. The average molecular weight is 369 g/mol. The van der Waals surface area contributed by atoms with Crippen LogP contribution in [-0.2, 0) is 11.2 Å². The molecular formula is C21H24FN3O2. The molecule has 1 aliphatic heterocycles. The fourth-order valence-corrected chi connectivity index (χ4v) is 3.19. The Bertz CT molecular complexity index is 782. The van der Waals surface area contributed by atoms with Crippen LogP contribution in [0.25, 0.3) is 0 Å². The molecule has 3 rings (SSSR count). The maximum absolute atomic E-state index is 13.0. The number of rotatable bonds is 5. The topological polar surface area (TPSA) is 52.7 Å². The van der Waals surface area contributed by atoms with Crippen molar-refractivity contribution in [2.24, 2.45) is 0 Å². The first-order chi connectivity index (χ1) is 13.0. The number of anilines is 1. The van der Waals surface area contributed by atoms with Crippen molar-refractivity contribution in [1.29, 1.82) is 0 Å². The minimum Gasteiger partial charge on any atom is -0.336 e. The molecule has 6 heteroatoms. The van der Waals surface area contributed by atoms with Gasteiger partial charge in [-0.3, -0.25) is 14.5 Å². The summed E-state index contributed by atoms with van der Waals surface area (Å²) in [6.45, 7) is 5.44. The molecule has 0 bridgehead atoms. The molecule has 0 saturated carbocycles. The number of benzene rings is 2. The summed E-state index contributed by atoms with van der Waals surface area (Å²) in [5, 5.41) is 2.76. The van der Waals surface area contributed by atoms with Gasteiger partial charge in [-0.25, -0.2) is 4.39 Å². The van der Waals surface area contributed by atoms with Gasteiger partial charge >= 0.3 is 0 Å². The largest absolute Gasteiger partial charge is 0.336 e. The number of piperazine rings is 1. The van der Waals surface area contributed by atoms with Gasteiger partial charge in [0.1, 0.15) is 5.82 Å². The van der Waals surface area contributed by atoms with E-state index in [-0.39, 0.29) is 17.6 Å². The summed E-state index contributed by atoms with van der Waals surface area (Å²) in [5.41, 5.74) is 2.55. The standard InChI is InChI=1S/C21H24FN3O2/c1-16(26)23-20-8-2-17(3-9-20)10-11-24-12-14-25(15-13-24)21(27)18-4-6-19(22)7-5-18/h2-9H,10-15H2,1H3,(H,23,26). The second-order valence-corrected chi connectivity index (χ2v) is 6.77. The Kier molecular flexibility index (Phi) is 6.19. The van der Waals surface area contributed by atoms with Gasteiger partial charge < -0.3 is 10.2 Å². The van der Waals surface area contributed by atoms with Crippen LogP contribution >= 0.6 is 0 Å². The Morgan fingerprint density at radius 3 is 2.19 bits per heavy atom. The first-order valence-corrected chi connectivity index (χ1v) is 9.15. The summed E-state index contributed by atoms with van der Waals surface area (Å²) in [5.74, 6) is -0.444. The molecular weight excluding hydrogens is 345 g/mol. The fourth-order valence-electron chi connectivity index (χ4n) is 3.19. The van der Waals surface area contributed by atoms with Crippen molar-refractivity contribution in [2.45, 2.75) is 13.3 Å². The second kappa shape index (κ2) is 8.77. The maximum atomic E-state index is 13.0. The smallest absolute Gasteiger partial charge is 0.253 e. The minimum atomic E-state index is -0.332. The molecule has 1 aliphatic rings. The third kappa shape index (κ3) is 5.37. The molecule has 2 amide bonds. The van der Waals surface area contributed by atoms with E-state index >= 15 is 0 Å². The normalized spacial score (nSPS) is 14.8. The van der Waals surface area contributed by atoms with Crippen LogP contribution in [0.3, 0.4) is 0 Å². The molecule has 5 nitrogen and oxygen atoms in total. The predicted octanol–water partition coefficient (Wildman–Crippen LogP) is 2.78. The zero-order chi connectivity index (χ0) is 19.2. The predicted molar refractivity (Wildman–Crippen MR) is 103 cm³/mol. The molecule has 0 atom stereocenters. The van der Waals surface area contributed by atoms with Crippen LogP contribution < -0.4 is 5.32 Å². The summed E-state index contributed by atoms with van der Waals surface area (Å²) in [4.78, 5) is 27.7. The summed E-state index contributed by atoms with van der Waals surface area (Å²) in [6.07, 6.45) is 0.923. The summed E-state index contributed by atoms with van der Waals surface area (Å²) in [6, 6.07) is 13.6. The van der Waals surface area contributed by atoms with Crippen molar-refractivity contribution in [3.05, 3.63) is 65.5 Å². The van der Waals surface area contributed by atoms with Crippen LogP contribution in [0, 0.1) is 5.82 Å². The van der Waals surface area contributed by atoms with Crippen LogP contribution in [-0.4, -0.2) is 54.3 Å². The lowest BCUT2D eigenvalue weighted by Crippen LogP contribution is -2.49. The molecule has 2 aromatic rings. The van der Waals surface area contributed by atoms with Crippen LogP contribution in [0.5, 0.6) is 0 Å².